The SMILES string of the molecule is CCCCCCc1cc(Br)c(Br)s1. The molecule has 0 bridgehead atoms. The van der Waals surface area contributed by atoms with Gasteiger partial charge in [0.2, 0.25) is 0 Å². The molecule has 0 amide bonds. The minimum Gasteiger partial charge on any atom is -0.132 e. The number of unbranched alkanes of at least 4 members (excludes halogenated alkanes) is 3. The maximum absolute atomic E-state index is 3.51. The third-order valence-electron chi connectivity index (χ3n) is 1.97. The highest BCUT2D eigenvalue weighted by molar-refractivity contribution is 9.13. The fourth-order valence-corrected chi connectivity index (χ4v) is 3.46. The van der Waals surface area contributed by atoms with Crippen molar-refractivity contribution in [1.29, 1.82) is 0 Å². The van der Waals surface area contributed by atoms with Gasteiger partial charge in [-0.05, 0) is 50.8 Å². The van der Waals surface area contributed by atoms with Gasteiger partial charge in [0.1, 0.15) is 0 Å². The lowest BCUT2D eigenvalue weighted by atomic mass is 10.1. The minimum atomic E-state index is 1.20. The topological polar surface area (TPSA) is 0 Å². The Kier molecular flexibility index (Phi) is 5.60. The molecule has 0 nitrogen and oxygen atoms in total. The molecule has 1 heterocycles. The average molecular weight is 326 g/mol. The number of hydrogen-bond acceptors (Lipinski definition) is 1. The van der Waals surface area contributed by atoms with E-state index in [0.29, 0.717) is 0 Å². The maximum Gasteiger partial charge on any atom is 0.0843 e. The summed E-state index contributed by atoms with van der Waals surface area (Å²) in [6.07, 6.45) is 6.61. The van der Waals surface area contributed by atoms with E-state index in [2.05, 4.69) is 44.8 Å². The predicted molar refractivity (Wildman–Crippen MR) is 67.6 cm³/mol. The number of halogens is 2. The molecule has 3 heteroatoms. The Bertz CT molecular complexity index is 236. The predicted octanol–water partition coefficient (Wildman–Crippen LogP) is 5.40. The molecule has 0 N–H and O–H groups in total. The van der Waals surface area contributed by atoms with Gasteiger partial charge in [0.25, 0.3) is 0 Å². The smallest absolute Gasteiger partial charge is 0.0843 e. The van der Waals surface area contributed by atoms with Crippen LogP contribution in [-0.4, -0.2) is 0 Å². The Morgan fingerprint density at radius 1 is 1.23 bits per heavy atom. The minimum absolute atomic E-state index is 1.20. The summed E-state index contributed by atoms with van der Waals surface area (Å²) in [7, 11) is 0. The number of hydrogen-bond donors (Lipinski definition) is 0. The van der Waals surface area contributed by atoms with Crippen LogP contribution in [0.25, 0.3) is 0 Å². The maximum atomic E-state index is 3.51. The highest BCUT2D eigenvalue weighted by Crippen LogP contribution is 2.33. The first kappa shape index (κ1) is 11.7. The molecule has 13 heavy (non-hydrogen) atoms. The molecule has 0 atom stereocenters. The zero-order chi connectivity index (χ0) is 9.68. The van der Waals surface area contributed by atoms with Crippen molar-refractivity contribution in [3.05, 3.63) is 19.2 Å². The van der Waals surface area contributed by atoms with Crippen LogP contribution in [0.5, 0.6) is 0 Å². The summed E-state index contributed by atoms with van der Waals surface area (Å²) in [5, 5.41) is 0. The summed E-state index contributed by atoms with van der Waals surface area (Å²) in [6.45, 7) is 2.25. The number of rotatable bonds is 5. The van der Waals surface area contributed by atoms with Crippen molar-refractivity contribution in [1.82, 2.24) is 0 Å². The van der Waals surface area contributed by atoms with E-state index in [9.17, 15) is 0 Å². The Hall–Kier alpha value is 0.660. The van der Waals surface area contributed by atoms with E-state index in [1.54, 1.807) is 0 Å². The molecule has 0 saturated carbocycles. The standard InChI is InChI=1S/C10H14Br2S/c1-2-3-4-5-6-8-7-9(11)10(12)13-8/h7H,2-6H2,1H3. The molecule has 0 fully saturated rings. The number of thiophene rings is 1. The monoisotopic (exact) mass is 324 g/mol. The molecule has 1 rings (SSSR count). The Balaban J connectivity index is 2.29. The quantitative estimate of drug-likeness (QED) is 0.636. The molecule has 0 aliphatic carbocycles. The van der Waals surface area contributed by atoms with E-state index in [1.807, 2.05) is 11.3 Å². The first-order chi connectivity index (χ1) is 6.24. The second kappa shape index (κ2) is 6.20. The van der Waals surface area contributed by atoms with Crippen molar-refractivity contribution in [2.45, 2.75) is 39.0 Å². The van der Waals surface area contributed by atoms with Gasteiger partial charge >= 0.3 is 0 Å². The molecule has 0 aliphatic heterocycles. The van der Waals surface area contributed by atoms with Gasteiger partial charge in [0.15, 0.2) is 0 Å². The van der Waals surface area contributed by atoms with Crippen LogP contribution < -0.4 is 0 Å². The highest BCUT2D eigenvalue weighted by atomic mass is 79.9. The fourth-order valence-electron chi connectivity index (χ4n) is 1.24. The molecule has 0 unspecified atom stereocenters. The van der Waals surface area contributed by atoms with Gasteiger partial charge in [0, 0.05) is 9.35 Å². The summed E-state index contributed by atoms with van der Waals surface area (Å²) in [5.41, 5.74) is 0. The van der Waals surface area contributed by atoms with Gasteiger partial charge in [-0.1, -0.05) is 26.2 Å². The molecular formula is C10H14Br2S. The van der Waals surface area contributed by atoms with E-state index >= 15 is 0 Å². The third kappa shape index (κ3) is 4.13. The molecule has 0 aliphatic rings. The zero-order valence-corrected chi connectivity index (χ0v) is 11.8. The molecule has 74 valence electrons. The molecule has 1 aromatic rings. The van der Waals surface area contributed by atoms with Crippen LogP contribution in [0, 0.1) is 0 Å². The molecule has 0 spiro atoms. The lowest BCUT2D eigenvalue weighted by Gasteiger charge is -1.96. The fraction of sp³-hybridized carbons (Fsp3) is 0.600. The van der Waals surface area contributed by atoms with E-state index in [-0.39, 0.29) is 0 Å². The second-order valence-electron chi connectivity index (χ2n) is 3.15. The van der Waals surface area contributed by atoms with Crippen LogP contribution in [0.2, 0.25) is 0 Å². The van der Waals surface area contributed by atoms with Gasteiger partial charge in [-0.15, -0.1) is 11.3 Å². The normalized spacial score (nSPS) is 10.7. The van der Waals surface area contributed by atoms with Crippen molar-refractivity contribution in [2.75, 3.05) is 0 Å². The van der Waals surface area contributed by atoms with Gasteiger partial charge in [0.05, 0.1) is 3.79 Å². The van der Waals surface area contributed by atoms with Crippen molar-refractivity contribution in [3.8, 4) is 0 Å². The zero-order valence-electron chi connectivity index (χ0n) is 7.78. The summed E-state index contributed by atoms with van der Waals surface area (Å²) in [6, 6.07) is 2.22. The van der Waals surface area contributed by atoms with Gasteiger partial charge < -0.3 is 0 Å². The van der Waals surface area contributed by atoms with E-state index in [1.165, 1.54) is 45.2 Å². The second-order valence-corrected chi connectivity index (χ2v) is 6.45. The lowest BCUT2D eigenvalue weighted by Crippen LogP contribution is -1.80. The largest absolute Gasteiger partial charge is 0.132 e. The first-order valence-electron chi connectivity index (χ1n) is 4.67. The van der Waals surface area contributed by atoms with E-state index in [4.69, 9.17) is 0 Å². The van der Waals surface area contributed by atoms with Gasteiger partial charge in [-0.2, -0.15) is 0 Å². The molecular weight excluding hydrogens is 312 g/mol. The molecule has 0 radical (unpaired) electrons. The van der Waals surface area contributed by atoms with Crippen LogP contribution in [0.3, 0.4) is 0 Å². The Morgan fingerprint density at radius 3 is 2.54 bits per heavy atom. The van der Waals surface area contributed by atoms with Crippen LogP contribution >= 0.6 is 43.2 Å². The average Bonchev–Trinajstić information content (AvgIpc) is 2.41. The summed E-state index contributed by atoms with van der Waals surface area (Å²) >= 11 is 8.85. The van der Waals surface area contributed by atoms with Crippen LogP contribution in [0.15, 0.2) is 14.3 Å². The summed E-state index contributed by atoms with van der Waals surface area (Å²) < 4.78 is 2.42. The van der Waals surface area contributed by atoms with Crippen molar-refractivity contribution >= 4 is 43.2 Å². The van der Waals surface area contributed by atoms with E-state index in [0.717, 1.165) is 0 Å². The van der Waals surface area contributed by atoms with Crippen molar-refractivity contribution in [3.63, 3.8) is 0 Å². The van der Waals surface area contributed by atoms with Crippen LogP contribution in [0.4, 0.5) is 0 Å². The van der Waals surface area contributed by atoms with Gasteiger partial charge in [-0.3, -0.25) is 0 Å². The van der Waals surface area contributed by atoms with E-state index < -0.39 is 0 Å². The Morgan fingerprint density at radius 2 is 2.00 bits per heavy atom. The van der Waals surface area contributed by atoms with Crippen LogP contribution in [0.1, 0.15) is 37.5 Å². The highest BCUT2D eigenvalue weighted by Gasteiger charge is 2.03. The molecule has 0 saturated heterocycles. The van der Waals surface area contributed by atoms with Crippen molar-refractivity contribution < 1.29 is 0 Å². The first-order valence-corrected chi connectivity index (χ1v) is 7.08. The van der Waals surface area contributed by atoms with Crippen LogP contribution in [-0.2, 0) is 6.42 Å². The number of aryl methyl sites for hydroxylation is 1. The third-order valence-corrected chi connectivity index (χ3v) is 5.29. The van der Waals surface area contributed by atoms with Gasteiger partial charge in [-0.25, -0.2) is 0 Å². The molecule has 1 aromatic heterocycles. The Labute approximate surface area is 101 Å². The lowest BCUT2D eigenvalue weighted by molar-refractivity contribution is 0.670. The van der Waals surface area contributed by atoms with Crippen molar-refractivity contribution in [2.24, 2.45) is 0 Å². The molecule has 0 aromatic carbocycles. The summed E-state index contributed by atoms with van der Waals surface area (Å²) in [4.78, 5) is 1.48. The summed E-state index contributed by atoms with van der Waals surface area (Å²) in [5.74, 6) is 0.